The van der Waals surface area contributed by atoms with Crippen LogP contribution in [0, 0.1) is 0 Å². The lowest BCUT2D eigenvalue weighted by Crippen LogP contribution is -2.03. The van der Waals surface area contributed by atoms with Gasteiger partial charge in [-0.25, -0.2) is 9.97 Å². The van der Waals surface area contributed by atoms with E-state index in [4.69, 9.17) is 5.11 Å². The van der Waals surface area contributed by atoms with Crippen molar-refractivity contribution in [2.45, 2.75) is 25.4 Å². The van der Waals surface area contributed by atoms with Crippen LogP contribution >= 0.6 is 0 Å². The van der Waals surface area contributed by atoms with Gasteiger partial charge in [-0.2, -0.15) is 0 Å². The molecule has 1 unspecified atom stereocenters. The van der Waals surface area contributed by atoms with Crippen LogP contribution in [0.25, 0.3) is 0 Å². The van der Waals surface area contributed by atoms with Crippen LogP contribution in [0.5, 0.6) is 0 Å². The van der Waals surface area contributed by atoms with Crippen LogP contribution < -0.4 is 0 Å². The summed E-state index contributed by atoms with van der Waals surface area (Å²) in [7, 11) is 0. The van der Waals surface area contributed by atoms with Gasteiger partial charge in [0.2, 0.25) is 0 Å². The topological polar surface area (TPSA) is 46.0 Å². The Balaban J connectivity index is 1.95. The van der Waals surface area contributed by atoms with E-state index in [-0.39, 0.29) is 6.61 Å². The predicted octanol–water partition coefficient (Wildman–Crippen LogP) is 2.05. The lowest BCUT2D eigenvalue weighted by molar-refractivity contribution is 0.280. The molecule has 0 bridgehead atoms. The number of aliphatic hydroxyl groups is 1. The summed E-state index contributed by atoms with van der Waals surface area (Å²) >= 11 is 0. The molecule has 0 radical (unpaired) electrons. The molecule has 0 amide bonds. The third-order valence-electron chi connectivity index (χ3n) is 3.35. The summed E-state index contributed by atoms with van der Waals surface area (Å²) in [4.78, 5) is 8.72. The van der Waals surface area contributed by atoms with Gasteiger partial charge in [0.05, 0.1) is 6.61 Å². The van der Waals surface area contributed by atoms with Gasteiger partial charge in [-0.05, 0) is 24.0 Å². The molecule has 0 aliphatic heterocycles. The number of aliphatic hydroxyl groups excluding tert-OH is 1. The average molecular weight is 226 g/mol. The molecule has 3 rings (SSSR count). The summed E-state index contributed by atoms with van der Waals surface area (Å²) in [6.45, 7) is 0.00152. The zero-order valence-corrected chi connectivity index (χ0v) is 9.50. The SMILES string of the molecule is OCc1cnc(C2CCc3ccccc32)nc1. The molecule has 3 nitrogen and oxygen atoms in total. The fourth-order valence-corrected chi connectivity index (χ4v) is 2.45. The molecule has 3 heteroatoms. The van der Waals surface area contributed by atoms with Crippen LogP contribution in [-0.4, -0.2) is 15.1 Å². The highest BCUT2D eigenvalue weighted by molar-refractivity contribution is 5.38. The first-order chi connectivity index (χ1) is 8.38. The molecule has 0 spiro atoms. The maximum Gasteiger partial charge on any atom is 0.135 e. The largest absolute Gasteiger partial charge is 0.392 e. The Hall–Kier alpha value is -1.74. The van der Waals surface area contributed by atoms with Crippen LogP contribution in [0.1, 0.15) is 34.9 Å². The standard InChI is InChI=1S/C14H14N2O/c17-9-10-7-15-14(16-8-10)13-6-5-11-3-1-2-4-12(11)13/h1-4,7-8,13,17H,5-6,9H2. The molecule has 1 aliphatic rings. The number of hydrogen-bond donors (Lipinski definition) is 1. The van der Waals surface area contributed by atoms with E-state index in [0.29, 0.717) is 5.92 Å². The maximum absolute atomic E-state index is 8.97. The molecule has 1 atom stereocenters. The summed E-state index contributed by atoms with van der Waals surface area (Å²) in [5.74, 6) is 1.19. The molecule has 0 saturated carbocycles. The highest BCUT2D eigenvalue weighted by Gasteiger charge is 2.25. The van der Waals surface area contributed by atoms with Gasteiger partial charge < -0.3 is 5.11 Å². The molecule has 17 heavy (non-hydrogen) atoms. The van der Waals surface area contributed by atoms with E-state index >= 15 is 0 Å². The Morgan fingerprint density at radius 1 is 1.18 bits per heavy atom. The van der Waals surface area contributed by atoms with Crippen LogP contribution in [0.2, 0.25) is 0 Å². The molecule has 1 aromatic carbocycles. The van der Waals surface area contributed by atoms with Crippen LogP contribution in [0.15, 0.2) is 36.7 Å². The summed E-state index contributed by atoms with van der Waals surface area (Å²) < 4.78 is 0. The Kier molecular flexibility index (Phi) is 2.61. The molecule has 1 N–H and O–H groups in total. The van der Waals surface area contributed by atoms with Gasteiger partial charge in [0.25, 0.3) is 0 Å². The van der Waals surface area contributed by atoms with Crippen molar-refractivity contribution in [1.29, 1.82) is 0 Å². The van der Waals surface area contributed by atoms with Gasteiger partial charge in [-0.3, -0.25) is 0 Å². The fourth-order valence-electron chi connectivity index (χ4n) is 2.45. The first-order valence-electron chi connectivity index (χ1n) is 5.88. The second-order valence-corrected chi connectivity index (χ2v) is 4.40. The van der Waals surface area contributed by atoms with Crippen molar-refractivity contribution in [3.63, 3.8) is 0 Å². The lowest BCUT2D eigenvalue weighted by Gasteiger charge is -2.09. The van der Waals surface area contributed by atoms with E-state index in [1.807, 2.05) is 0 Å². The molecule has 86 valence electrons. The molecule has 1 aromatic heterocycles. The van der Waals surface area contributed by atoms with E-state index in [1.165, 1.54) is 11.1 Å². The summed E-state index contributed by atoms with van der Waals surface area (Å²) in [5.41, 5.74) is 3.52. The van der Waals surface area contributed by atoms with Crippen molar-refractivity contribution in [2.24, 2.45) is 0 Å². The molecular weight excluding hydrogens is 212 g/mol. The Labute approximate surface area is 100 Å². The first-order valence-corrected chi connectivity index (χ1v) is 5.88. The highest BCUT2D eigenvalue weighted by Crippen LogP contribution is 2.35. The van der Waals surface area contributed by atoms with Gasteiger partial charge in [0.15, 0.2) is 0 Å². The number of nitrogens with zero attached hydrogens (tertiary/aromatic N) is 2. The summed E-state index contributed by atoms with van der Waals surface area (Å²) in [6, 6.07) is 8.49. The third-order valence-corrected chi connectivity index (χ3v) is 3.35. The number of hydrogen-bond acceptors (Lipinski definition) is 3. The van der Waals surface area contributed by atoms with Crippen LogP contribution in [-0.2, 0) is 13.0 Å². The lowest BCUT2D eigenvalue weighted by atomic mass is 10.0. The van der Waals surface area contributed by atoms with Crippen molar-refractivity contribution >= 4 is 0 Å². The molecule has 2 aromatic rings. The summed E-state index contributed by atoms with van der Waals surface area (Å²) in [6.07, 6.45) is 5.61. The van der Waals surface area contributed by atoms with Crippen molar-refractivity contribution in [1.82, 2.24) is 9.97 Å². The molecule has 0 fully saturated rings. The van der Waals surface area contributed by atoms with Gasteiger partial charge in [0, 0.05) is 23.9 Å². The average Bonchev–Trinajstić information content (AvgIpc) is 2.83. The second kappa shape index (κ2) is 4.26. The molecular formula is C14H14N2O. The maximum atomic E-state index is 8.97. The number of benzene rings is 1. The smallest absolute Gasteiger partial charge is 0.135 e. The van der Waals surface area contributed by atoms with Gasteiger partial charge in [-0.1, -0.05) is 24.3 Å². The minimum Gasteiger partial charge on any atom is -0.392 e. The number of fused-ring (bicyclic) bond motifs is 1. The first kappa shape index (κ1) is 10.4. The number of aryl methyl sites for hydroxylation is 1. The molecule has 1 heterocycles. The zero-order chi connectivity index (χ0) is 11.7. The predicted molar refractivity (Wildman–Crippen MR) is 64.6 cm³/mol. The Bertz CT molecular complexity index is 522. The van der Waals surface area contributed by atoms with Crippen molar-refractivity contribution in [2.75, 3.05) is 0 Å². The summed E-state index contributed by atoms with van der Waals surface area (Å²) in [5, 5.41) is 8.97. The quantitative estimate of drug-likeness (QED) is 0.852. The van der Waals surface area contributed by atoms with Crippen molar-refractivity contribution in [3.05, 3.63) is 59.2 Å². The number of rotatable bonds is 2. The normalized spacial score (nSPS) is 18.1. The van der Waals surface area contributed by atoms with E-state index in [9.17, 15) is 0 Å². The van der Waals surface area contributed by atoms with E-state index in [0.717, 1.165) is 24.2 Å². The zero-order valence-electron chi connectivity index (χ0n) is 9.50. The van der Waals surface area contributed by atoms with E-state index in [1.54, 1.807) is 12.4 Å². The fraction of sp³-hybridized carbons (Fsp3) is 0.286. The minimum atomic E-state index is 0.00152. The minimum absolute atomic E-state index is 0.00152. The van der Waals surface area contributed by atoms with E-state index in [2.05, 4.69) is 34.2 Å². The van der Waals surface area contributed by atoms with Crippen molar-refractivity contribution < 1.29 is 5.11 Å². The molecule has 1 aliphatic carbocycles. The van der Waals surface area contributed by atoms with Crippen LogP contribution in [0.4, 0.5) is 0 Å². The third kappa shape index (κ3) is 1.83. The van der Waals surface area contributed by atoms with Crippen molar-refractivity contribution in [3.8, 4) is 0 Å². The Morgan fingerprint density at radius 2 is 1.94 bits per heavy atom. The van der Waals surface area contributed by atoms with Gasteiger partial charge in [-0.15, -0.1) is 0 Å². The Morgan fingerprint density at radius 3 is 2.71 bits per heavy atom. The van der Waals surface area contributed by atoms with E-state index < -0.39 is 0 Å². The van der Waals surface area contributed by atoms with Crippen LogP contribution in [0.3, 0.4) is 0 Å². The van der Waals surface area contributed by atoms with Gasteiger partial charge in [0.1, 0.15) is 5.82 Å². The molecule has 0 saturated heterocycles. The second-order valence-electron chi connectivity index (χ2n) is 4.40. The number of aromatic nitrogens is 2. The monoisotopic (exact) mass is 226 g/mol. The van der Waals surface area contributed by atoms with Gasteiger partial charge >= 0.3 is 0 Å². The highest BCUT2D eigenvalue weighted by atomic mass is 16.3.